The molecule has 0 aromatic heterocycles. The summed E-state index contributed by atoms with van der Waals surface area (Å²) in [6, 6.07) is 12.4. The molecule has 0 aliphatic rings. The lowest BCUT2D eigenvalue weighted by molar-refractivity contribution is -0.120. The van der Waals surface area contributed by atoms with Crippen molar-refractivity contribution < 1.29 is 9.59 Å². The quantitative estimate of drug-likeness (QED) is 0.187. The highest BCUT2D eigenvalue weighted by Gasteiger charge is 2.21. The summed E-state index contributed by atoms with van der Waals surface area (Å²) < 4.78 is 0. The van der Waals surface area contributed by atoms with E-state index in [0.29, 0.717) is 13.1 Å². The minimum atomic E-state index is 0.0965. The van der Waals surface area contributed by atoms with Gasteiger partial charge in [-0.05, 0) is 95.3 Å². The number of hydrogen-bond acceptors (Lipinski definition) is 4. The van der Waals surface area contributed by atoms with Crippen LogP contribution in [-0.2, 0) is 9.59 Å². The summed E-state index contributed by atoms with van der Waals surface area (Å²) in [6.45, 7) is 17.1. The number of amides is 2. The van der Waals surface area contributed by atoms with Gasteiger partial charge in [0.2, 0.25) is 11.8 Å². The predicted molar refractivity (Wildman–Crippen MR) is 175 cm³/mol. The number of rotatable bonds is 19. The van der Waals surface area contributed by atoms with Crippen LogP contribution in [0.3, 0.4) is 0 Å². The zero-order valence-electron chi connectivity index (χ0n) is 27.0. The van der Waals surface area contributed by atoms with Crippen LogP contribution in [0.4, 0.5) is 11.4 Å². The number of nitrogens with zero attached hydrogens (tertiary/aromatic N) is 3. The van der Waals surface area contributed by atoms with Crippen LogP contribution >= 0.6 is 0 Å². The molecule has 6 heteroatoms. The Morgan fingerprint density at radius 1 is 0.659 bits per heavy atom. The Bertz CT molecular complexity index is 1040. The van der Waals surface area contributed by atoms with Gasteiger partial charge in [-0.1, -0.05) is 75.9 Å². The third-order valence-electron chi connectivity index (χ3n) is 7.90. The van der Waals surface area contributed by atoms with Gasteiger partial charge >= 0.3 is 0 Å². The van der Waals surface area contributed by atoms with E-state index in [2.05, 4.69) is 56.1 Å². The summed E-state index contributed by atoms with van der Waals surface area (Å²) in [7, 11) is 1.86. The van der Waals surface area contributed by atoms with Crippen molar-refractivity contribution in [2.75, 3.05) is 56.1 Å². The highest BCUT2D eigenvalue weighted by molar-refractivity contribution is 5.96. The average molecular weight is 565 g/mol. The zero-order valence-corrected chi connectivity index (χ0v) is 27.0. The highest BCUT2D eigenvalue weighted by atomic mass is 16.2. The van der Waals surface area contributed by atoms with Crippen molar-refractivity contribution in [1.82, 2.24) is 10.2 Å². The number of unbranched alkanes of at least 4 members (excludes halogenated alkanes) is 5. The van der Waals surface area contributed by atoms with Crippen LogP contribution < -0.4 is 15.1 Å². The smallest absolute Gasteiger partial charge is 0.241 e. The highest BCUT2D eigenvalue weighted by Crippen LogP contribution is 2.25. The number of carbonyl (C=O) groups is 2. The van der Waals surface area contributed by atoms with Gasteiger partial charge in [-0.15, -0.1) is 0 Å². The van der Waals surface area contributed by atoms with Gasteiger partial charge < -0.3 is 15.1 Å². The van der Waals surface area contributed by atoms with Gasteiger partial charge in [-0.25, -0.2) is 0 Å². The number of para-hydroxylation sites is 2. The largest absolute Gasteiger partial charge is 0.314 e. The Kier molecular flexibility index (Phi) is 15.7. The van der Waals surface area contributed by atoms with Crippen LogP contribution in [0.5, 0.6) is 0 Å². The molecule has 0 aliphatic heterocycles. The normalized spacial score (nSPS) is 11.2. The van der Waals surface area contributed by atoms with E-state index in [-0.39, 0.29) is 11.8 Å². The molecule has 0 atom stereocenters. The monoisotopic (exact) mass is 564 g/mol. The van der Waals surface area contributed by atoms with Crippen LogP contribution in [0.1, 0.15) is 87.5 Å². The Labute approximate surface area is 250 Å². The van der Waals surface area contributed by atoms with Crippen LogP contribution in [0.15, 0.2) is 36.4 Å². The molecule has 6 nitrogen and oxygen atoms in total. The topological polar surface area (TPSA) is 55.9 Å². The van der Waals surface area contributed by atoms with Crippen molar-refractivity contribution in [3.05, 3.63) is 58.7 Å². The molecule has 0 bridgehead atoms. The maximum Gasteiger partial charge on any atom is 0.241 e. The van der Waals surface area contributed by atoms with Crippen LogP contribution in [0.2, 0.25) is 0 Å². The second kappa shape index (κ2) is 18.7. The van der Waals surface area contributed by atoms with Gasteiger partial charge in [0.15, 0.2) is 0 Å². The van der Waals surface area contributed by atoms with Crippen molar-refractivity contribution in [2.24, 2.45) is 0 Å². The SMILES string of the molecule is CCCCN(CCCCCCCNCC(=O)N(C)c1c(C)cccc1C)CC(=O)N(CCC)c1c(C)cccc1C. The zero-order chi connectivity index (χ0) is 30.2. The Hall–Kier alpha value is -2.70. The fourth-order valence-electron chi connectivity index (χ4n) is 5.63. The second-order valence-electron chi connectivity index (χ2n) is 11.6. The Morgan fingerprint density at radius 3 is 1.78 bits per heavy atom. The summed E-state index contributed by atoms with van der Waals surface area (Å²) in [5.41, 5.74) is 6.68. The number of benzene rings is 2. The number of likely N-dealkylation sites (N-methyl/N-ethyl adjacent to an activating group) is 1. The maximum atomic E-state index is 13.5. The Morgan fingerprint density at radius 2 is 1.20 bits per heavy atom. The minimum absolute atomic E-state index is 0.0965. The van der Waals surface area contributed by atoms with Gasteiger partial charge in [-0.3, -0.25) is 14.5 Å². The summed E-state index contributed by atoms with van der Waals surface area (Å²) in [5.74, 6) is 0.309. The number of hydrogen-bond donors (Lipinski definition) is 1. The first kappa shape index (κ1) is 34.5. The van der Waals surface area contributed by atoms with Crippen molar-refractivity contribution in [2.45, 2.75) is 92.9 Å². The van der Waals surface area contributed by atoms with Crippen molar-refractivity contribution in [3.8, 4) is 0 Å². The van der Waals surface area contributed by atoms with E-state index in [1.54, 1.807) is 4.90 Å². The van der Waals surface area contributed by atoms with E-state index >= 15 is 0 Å². The van der Waals surface area contributed by atoms with Crippen LogP contribution in [0.25, 0.3) is 0 Å². The number of nitrogens with one attached hydrogen (secondary N) is 1. The molecule has 0 heterocycles. The van der Waals surface area contributed by atoms with E-state index in [0.717, 1.165) is 87.2 Å². The molecule has 41 heavy (non-hydrogen) atoms. The summed E-state index contributed by atoms with van der Waals surface area (Å²) >= 11 is 0. The molecule has 0 aliphatic carbocycles. The molecule has 0 saturated heterocycles. The average Bonchev–Trinajstić information content (AvgIpc) is 2.93. The lowest BCUT2D eigenvalue weighted by atomic mass is 10.1. The second-order valence-corrected chi connectivity index (χ2v) is 11.6. The molecule has 0 spiro atoms. The standard InChI is InChI=1S/C35H56N4O2/c1-8-10-24-38(27-33(41)39(23-9-2)35-30(5)20-17-21-31(35)6)25-15-13-11-12-14-22-36-26-32(40)37(7)34-28(3)18-16-19-29(34)4/h16-21,36H,8-15,22-27H2,1-7H3. The molecule has 2 aromatic rings. The van der Waals surface area contributed by atoms with E-state index in [1.807, 2.05) is 44.0 Å². The lowest BCUT2D eigenvalue weighted by Crippen LogP contribution is -2.42. The minimum Gasteiger partial charge on any atom is -0.314 e. The lowest BCUT2D eigenvalue weighted by Gasteiger charge is -2.29. The van der Waals surface area contributed by atoms with E-state index < -0.39 is 0 Å². The Balaban J connectivity index is 1.72. The summed E-state index contributed by atoms with van der Waals surface area (Å²) in [6.07, 6.45) is 8.88. The molecular weight excluding hydrogens is 508 g/mol. The predicted octanol–water partition coefficient (Wildman–Crippen LogP) is 6.97. The first-order valence-electron chi connectivity index (χ1n) is 15.8. The molecule has 0 unspecified atom stereocenters. The molecule has 228 valence electrons. The summed E-state index contributed by atoms with van der Waals surface area (Å²) in [4.78, 5) is 32.3. The molecule has 0 radical (unpaired) electrons. The van der Waals surface area contributed by atoms with Gasteiger partial charge in [0, 0.05) is 25.0 Å². The van der Waals surface area contributed by atoms with Crippen molar-refractivity contribution in [3.63, 3.8) is 0 Å². The van der Waals surface area contributed by atoms with E-state index in [9.17, 15) is 9.59 Å². The molecule has 1 N–H and O–H groups in total. The van der Waals surface area contributed by atoms with Crippen LogP contribution in [-0.4, -0.2) is 63.0 Å². The van der Waals surface area contributed by atoms with Gasteiger partial charge in [0.25, 0.3) is 0 Å². The van der Waals surface area contributed by atoms with Crippen molar-refractivity contribution >= 4 is 23.2 Å². The van der Waals surface area contributed by atoms with E-state index in [1.165, 1.54) is 24.0 Å². The van der Waals surface area contributed by atoms with Crippen molar-refractivity contribution in [1.29, 1.82) is 0 Å². The molecule has 2 aromatic carbocycles. The van der Waals surface area contributed by atoms with E-state index in [4.69, 9.17) is 0 Å². The van der Waals surface area contributed by atoms with Gasteiger partial charge in [-0.2, -0.15) is 0 Å². The summed E-state index contributed by atoms with van der Waals surface area (Å²) in [5, 5.41) is 3.33. The number of carbonyl (C=O) groups excluding carboxylic acids is 2. The molecule has 2 amide bonds. The molecule has 0 fully saturated rings. The fourth-order valence-corrected chi connectivity index (χ4v) is 5.63. The molecular formula is C35H56N4O2. The first-order valence-corrected chi connectivity index (χ1v) is 15.8. The maximum absolute atomic E-state index is 13.5. The number of aryl methyl sites for hydroxylation is 4. The van der Waals surface area contributed by atoms with Gasteiger partial charge in [0.05, 0.1) is 13.1 Å². The number of anilines is 2. The fraction of sp³-hybridized carbons (Fsp3) is 0.600. The first-order chi connectivity index (χ1) is 19.7. The molecule has 2 rings (SSSR count). The van der Waals surface area contributed by atoms with Crippen LogP contribution in [0, 0.1) is 27.7 Å². The van der Waals surface area contributed by atoms with Gasteiger partial charge in [0.1, 0.15) is 0 Å². The third kappa shape index (κ3) is 11.2. The third-order valence-corrected chi connectivity index (χ3v) is 7.90. The molecule has 0 saturated carbocycles.